The lowest BCUT2D eigenvalue weighted by atomic mass is 9.68. The molecule has 2 bridgehead atoms. The molecule has 2 aliphatic carbocycles. The number of hydrogen-bond acceptors (Lipinski definition) is 6. The maximum Gasteiger partial charge on any atom is 0.390 e. The Morgan fingerprint density at radius 1 is 1.18 bits per heavy atom. The van der Waals surface area contributed by atoms with E-state index in [2.05, 4.69) is 11.0 Å². The van der Waals surface area contributed by atoms with Crippen LogP contribution in [-0.4, -0.2) is 56.7 Å². The summed E-state index contributed by atoms with van der Waals surface area (Å²) in [4.78, 5) is 15.6. The molecule has 12 heteroatoms. The number of anilines is 1. The molecule has 244 valence electrons. The molecule has 0 saturated heterocycles. The minimum Gasteiger partial charge on any atom is -0.490 e. The number of amides is 1. The van der Waals surface area contributed by atoms with Gasteiger partial charge in [0, 0.05) is 29.1 Å². The van der Waals surface area contributed by atoms with Crippen molar-refractivity contribution in [2.45, 2.75) is 74.8 Å². The molecular weight excluding hydrogens is 629 g/mol. The van der Waals surface area contributed by atoms with Crippen LogP contribution < -0.4 is 14.4 Å². The number of benzene rings is 2. The first-order chi connectivity index (χ1) is 21.2. The molecule has 0 unspecified atom stereocenters. The van der Waals surface area contributed by atoms with Gasteiger partial charge in [-0.2, -0.15) is 13.2 Å². The van der Waals surface area contributed by atoms with Crippen molar-refractivity contribution in [1.82, 2.24) is 4.72 Å². The van der Waals surface area contributed by atoms with E-state index < -0.39 is 45.8 Å². The van der Waals surface area contributed by atoms with Gasteiger partial charge in [-0.3, -0.25) is 4.79 Å². The highest BCUT2D eigenvalue weighted by Gasteiger charge is 2.45. The van der Waals surface area contributed by atoms with Crippen LogP contribution in [0.2, 0.25) is 5.02 Å². The van der Waals surface area contributed by atoms with Crippen LogP contribution in [0.1, 0.15) is 66.9 Å². The lowest BCUT2D eigenvalue weighted by Gasteiger charge is -2.45. The maximum absolute atomic E-state index is 13.5. The molecule has 6 atom stereocenters. The Labute approximate surface area is 266 Å². The summed E-state index contributed by atoms with van der Waals surface area (Å²) in [5, 5.41) is 9.88. The van der Waals surface area contributed by atoms with Crippen LogP contribution in [0.15, 0.2) is 48.6 Å². The van der Waals surface area contributed by atoms with Crippen molar-refractivity contribution < 1.29 is 36.2 Å². The van der Waals surface area contributed by atoms with Crippen LogP contribution in [0, 0.1) is 17.8 Å². The van der Waals surface area contributed by atoms with Crippen molar-refractivity contribution in [3.05, 3.63) is 70.3 Å². The molecule has 2 aromatic rings. The Morgan fingerprint density at radius 2 is 1.98 bits per heavy atom. The first kappa shape index (κ1) is 32.2. The van der Waals surface area contributed by atoms with E-state index in [4.69, 9.17) is 16.3 Å². The van der Waals surface area contributed by atoms with E-state index in [0.29, 0.717) is 36.2 Å². The molecule has 0 radical (unpaired) electrons. The van der Waals surface area contributed by atoms with Crippen LogP contribution in [0.4, 0.5) is 18.9 Å². The van der Waals surface area contributed by atoms with Gasteiger partial charge in [0.05, 0.1) is 30.1 Å². The summed E-state index contributed by atoms with van der Waals surface area (Å²) in [7, 11) is -4.73. The maximum atomic E-state index is 13.5. The number of carbonyl (C=O) groups excluding carboxylic acids is 1. The third-order valence-corrected chi connectivity index (χ3v) is 12.3. The van der Waals surface area contributed by atoms with Crippen molar-refractivity contribution >= 4 is 33.2 Å². The molecule has 2 aromatic carbocycles. The molecule has 2 aliphatic heterocycles. The number of allylic oxidation sites excluding steroid dienone is 1. The summed E-state index contributed by atoms with van der Waals surface area (Å²) in [5.74, 6) is -1.36. The average molecular weight is 667 g/mol. The van der Waals surface area contributed by atoms with E-state index in [1.54, 1.807) is 24.3 Å². The molecule has 6 rings (SSSR count). The number of aryl methyl sites for hydroxylation is 1. The molecule has 1 fully saturated rings. The monoisotopic (exact) mass is 666 g/mol. The van der Waals surface area contributed by atoms with Gasteiger partial charge < -0.3 is 14.7 Å². The predicted octanol–water partition coefficient (Wildman–Crippen LogP) is 6.18. The SMILES string of the molecule is C[C@H]1C/C=C\[C@@H](O)[C@@H]2CC[C@H]2CN2C[C@@]3(CCCc4cc(Cl)ccc43)COc3ccc(cc32)C(=O)NS(=O)(=O)[C@H]1CC(F)(F)F. The van der Waals surface area contributed by atoms with Gasteiger partial charge in [0.1, 0.15) is 5.75 Å². The van der Waals surface area contributed by atoms with Gasteiger partial charge in [-0.1, -0.05) is 36.7 Å². The number of rotatable bonds is 1. The summed E-state index contributed by atoms with van der Waals surface area (Å²) in [6.45, 7) is 2.96. The number of hydrogen-bond donors (Lipinski definition) is 2. The molecule has 1 spiro atoms. The number of ether oxygens (including phenoxy) is 1. The Bertz CT molecular complexity index is 1600. The van der Waals surface area contributed by atoms with Crippen LogP contribution >= 0.6 is 11.6 Å². The van der Waals surface area contributed by atoms with E-state index in [0.717, 1.165) is 32.1 Å². The zero-order valence-electron chi connectivity index (χ0n) is 25.0. The molecule has 2 heterocycles. The van der Waals surface area contributed by atoms with Crippen molar-refractivity contribution in [3.8, 4) is 5.75 Å². The number of carbonyl (C=O) groups is 1. The minimum atomic E-state index is -4.76. The zero-order chi connectivity index (χ0) is 32.1. The zero-order valence-corrected chi connectivity index (χ0v) is 26.6. The van der Waals surface area contributed by atoms with E-state index in [-0.39, 0.29) is 29.2 Å². The quantitative estimate of drug-likeness (QED) is 0.353. The van der Waals surface area contributed by atoms with E-state index in [9.17, 15) is 31.5 Å². The number of nitrogens with one attached hydrogen (secondary N) is 1. The third-order valence-electron chi connectivity index (χ3n) is 10.2. The molecule has 45 heavy (non-hydrogen) atoms. The second kappa shape index (κ2) is 12.1. The molecule has 1 amide bonds. The third kappa shape index (κ3) is 6.58. The highest BCUT2D eigenvalue weighted by atomic mass is 35.5. The van der Waals surface area contributed by atoms with Crippen molar-refractivity contribution in [3.63, 3.8) is 0 Å². The lowest BCUT2D eigenvalue weighted by molar-refractivity contribution is -0.136. The van der Waals surface area contributed by atoms with Crippen LogP contribution in [0.5, 0.6) is 5.75 Å². The summed E-state index contributed by atoms with van der Waals surface area (Å²) < 4.78 is 75.6. The van der Waals surface area contributed by atoms with Gasteiger partial charge in [0.15, 0.2) is 0 Å². The first-order valence-corrected chi connectivity index (χ1v) is 17.5. The van der Waals surface area contributed by atoms with E-state index in [1.165, 1.54) is 24.1 Å². The van der Waals surface area contributed by atoms with Crippen LogP contribution in [-0.2, 0) is 21.9 Å². The summed E-state index contributed by atoms with van der Waals surface area (Å²) in [5.41, 5.74) is 2.59. The fourth-order valence-corrected chi connectivity index (χ4v) is 9.50. The summed E-state index contributed by atoms with van der Waals surface area (Å²) in [6, 6.07) is 10.6. The standard InChI is InChI=1S/C33H38ClF3N2O5S/c1-20-4-2-6-28(40)25-10-7-23(25)17-39-18-32(13-3-5-21-14-24(34)9-11-26(21)32)19-44-29-12-8-22(15-27(29)39)31(41)38-45(42,43)30(20)16-33(35,36)37/h2,6,8-9,11-12,14-15,20,23,25,28,30,40H,3-5,7,10,13,16-19H2,1H3,(H,38,41)/b6-2-/t20-,23-,25+,28+,30-,32-/m0/s1. The molecule has 4 aliphatic rings. The number of fused-ring (bicyclic) bond motifs is 4. The molecular formula is C33H38ClF3N2O5S. The normalized spacial score (nSPS) is 32.3. The first-order valence-electron chi connectivity index (χ1n) is 15.5. The largest absolute Gasteiger partial charge is 0.490 e. The van der Waals surface area contributed by atoms with Gasteiger partial charge in [0.2, 0.25) is 10.0 Å². The highest BCUT2D eigenvalue weighted by Crippen LogP contribution is 2.47. The number of nitrogens with zero attached hydrogens (tertiary/aromatic N) is 1. The van der Waals surface area contributed by atoms with Crippen LogP contribution in [0.25, 0.3) is 0 Å². The second-order valence-electron chi connectivity index (χ2n) is 13.3. The molecule has 7 nitrogen and oxygen atoms in total. The van der Waals surface area contributed by atoms with E-state index >= 15 is 0 Å². The smallest absolute Gasteiger partial charge is 0.390 e. The molecule has 2 N–H and O–H groups in total. The number of aliphatic hydroxyl groups is 1. The van der Waals surface area contributed by atoms with Gasteiger partial charge in [-0.05, 0) is 97.7 Å². The number of alkyl halides is 3. The predicted molar refractivity (Wildman–Crippen MR) is 166 cm³/mol. The second-order valence-corrected chi connectivity index (χ2v) is 15.6. The van der Waals surface area contributed by atoms with Crippen molar-refractivity contribution in [2.75, 3.05) is 24.6 Å². The fourth-order valence-electron chi connectivity index (χ4n) is 7.65. The summed E-state index contributed by atoms with van der Waals surface area (Å²) >= 11 is 6.35. The Morgan fingerprint density at radius 3 is 2.71 bits per heavy atom. The molecule has 1 saturated carbocycles. The fraction of sp³-hybridized carbons (Fsp3) is 0.545. The average Bonchev–Trinajstić information content (AvgIpc) is 3.09. The lowest BCUT2D eigenvalue weighted by Crippen LogP contribution is -2.49. The highest BCUT2D eigenvalue weighted by molar-refractivity contribution is 7.90. The Hall–Kier alpha value is -2.76. The number of halogens is 4. The van der Waals surface area contributed by atoms with Crippen molar-refractivity contribution in [2.24, 2.45) is 17.8 Å². The van der Waals surface area contributed by atoms with Gasteiger partial charge >= 0.3 is 6.18 Å². The topological polar surface area (TPSA) is 95.9 Å². The van der Waals surface area contributed by atoms with Crippen LogP contribution in [0.3, 0.4) is 0 Å². The van der Waals surface area contributed by atoms with Gasteiger partial charge in [0.25, 0.3) is 5.91 Å². The van der Waals surface area contributed by atoms with Gasteiger partial charge in [-0.25, -0.2) is 13.1 Å². The van der Waals surface area contributed by atoms with Crippen molar-refractivity contribution in [1.29, 1.82) is 0 Å². The number of sulfonamides is 1. The molecule has 0 aromatic heterocycles. The van der Waals surface area contributed by atoms with Gasteiger partial charge in [-0.15, -0.1) is 0 Å². The van der Waals surface area contributed by atoms with E-state index in [1.807, 2.05) is 16.9 Å². The summed E-state index contributed by atoms with van der Waals surface area (Å²) in [6.07, 6.45) is 0.369. The number of aliphatic hydroxyl groups excluding tert-OH is 1. The minimum absolute atomic E-state index is 0.00144. The Balaban J connectivity index is 1.42. The Kier molecular flexibility index (Phi) is 8.67.